The molecule has 1 unspecified atom stereocenters. The number of nitrogens with one attached hydrogen (secondary N) is 1. The molecule has 0 saturated carbocycles. The second-order valence-corrected chi connectivity index (χ2v) is 6.06. The van der Waals surface area contributed by atoms with Gasteiger partial charge < -0.3 is 14.5 Å². The number of aliphatic hydroxyl groups excluding tert-OH is 1. The molecule has 3 nitrogen and oxygen atoms in total. The molecule has 0 rings (SSSR count). The Bertz CT molecular complexity index is 167. The van der Waals surface area contributed by atoms with E-state index in [0.717, 1.165) is 11.0 Å². The summed E-state index contributed by atoms with van der Waals surface area (Å²) in [5.74, 6) is 0. The van der Waals surface area contributed by atoms with E-state index in [1.54, 1.807) is 4.90 Å². The highest BCUT2D eigenvalue weighted by Gasteiger charge is 2.16. The predicted octanol–water partition coefficient (Wildman–Crippen LogP) is 0.149. The maximum atomic E-state index is 9.37. The van der Waals surface area contributed by atoms with Crippen molar-refractivity contribution in [1.82, 2.24) is 0 Å². The van der Waals surface area contributed by atoms with E-state index in [1.165, 1.54) is 38.8 Å². The van der Waals surface area contributed by atoms with Gasteiger partial charge in [-0.05, 0) is 32.6 Å². The minimum atomic E-state index is -0.188. The van der Waals surface area contributed by atoms with Crippen molar-refractivity contribution >= 4 is 0 Å². The van der Waals surface area contributed by atoms with Crippen molar-refractivity contribution < 1.29 is 14.5 Å². The Kier molecular flexibility index (Phi) is 7.98. The van der Waals surface area contributed by atoms with Crippen LogP contribution in [0, 0.1) is 0 Å². The van der Waals surface area contributed by atoms with Gasteiger partial charge in [0.25, 0.3) is 0 Å². The lowest BCUT2D eigenvalue weighted by molar-refractivity contribution is -0.893. The Morgan fingerprint density at radius 2 is 1.62 bits per heavy atom. The number of rotatable bonds is 9. The Hall–Kier alpha value is -0.120. The van der Waals surface area contributed by atoms with E-state index in [0.29, 0.717) is 0 Å². The topological polar surface area (TPSA) is 24.7 Å². The molecule has 0 radical (unpaired) electrons. The van der Waals surface area contributed by atoms with E-state index in [4.69, 9.17) is 0 Å². The van der Waals surface area contributed by atoms with Crippen molar-refractivity contribution in [3.63, 3.8) is 0 Å². The Morgan fingerprint density at radius 1 is 1.06 bits per heavy atom. The van der Waals surface area contributed by atoms with Gasteiger partial charge in [0.2, 0.25) is 0 Å². The molecule has 0 aliphatic rings. The molecule has 0 saturated heterocycles. The van der Waals surface area contributed by atoms with Crippen LogP contribution in [0.25, 0.3) is 0 Å². The van der Waals surface area contributed by atoms with E-state index in [2.05, 4.69) is 28.2 Å². The molecular weight excluding hydrogens is 200 g/mol. The van der Waals surface area contributed by atoms with Gasteiger partial charge >= 0.3 is 0 Å². The quantitative estimate of drug-likeness (QED) is 0.429. The van der Waals surface area contributed by atoms with Crippen LogP contribution in [-0.2, 0) is 0 Å². The fraction of sp³-hybridized carbons (Fsp3) is 1.00. The normalized spacial score (nSPS) is 14.4. The number of nitrogens with zero attached hydrogens (tertiary/aromatic N) is 1. The van der Waals surface area contributed by atoms with Crippen LogP contribution in [0.2, 0.25) is 0 Å². The zero-order valence-corrected chi connectivity index (χ0v) is 11.9. The molecule has 1 atom stereocenters. The molecule has 0 aromatic heterocycles. The summed E-state index contributed by atoms with van der Waals surface area (Å²) in [5.41, 5.74) is 0. The van der Waals surface area contributed by atoms with Crippen molar-refractivity contribution in [2.45, 2.75) is 38.7 Å². The molecular formula is C13H32N2O+2. The van der Waals surface area contributed by atoms with Gasteiger partial charge in [0.1, 0.15) is 12.6 Å². The summed E-state index contributed by atoms with van der Waals surface area (Å²) < 4.78 is 0.941. The lowest BCUT2D eigenvalue weighted by atomic mass is 10.1. The van der Waals surface area contributed by atoms with Gasteiger partial charge in [-0.2, -0.15) is 0 Å². The molecule has 3 heteroatoms. The van der Waals surface area contributed by atoms with E-state index in [1.807, 2.05) is 6.92 Å². The van der Waals surface area contributed by atoms with Gasteiger partial charge in [-0.15, -0.1) is 0 Å². The first-order valence-corrected chi connectivity index (χ1v) is 6.62. The van der Waals surface area contributed by atoms with Crippen molar-refractivity contribution in [1.29, 1.82) is 0 Å². The first kappa shape index (κ1) is 15.9. The summed E-state index contributed by atoms with van der Waals surface area (Å²) >= 11 is 0. The summed E-state index contributed by atoms with van der Waals surface area (Å²) in [6, 6.07) is 0. The van der Waals surface area contributed by atoms with E-state index >= 15 is 0 Å². The third-order valence-corrected chi connectivity index (χ3v) is 2.95. The highest BCUT2D eigenvalue weighted by molar-refractivity contribution is 4.46. The van der Waals surface area contributed by atoms with Gasteiger partial charge in [-0.1, -0.05) is 0 Å². The van der Waals surface area contributed by atoms with Crippen molar-refractivity contribution in [3.8, 4) is 0 Å². The highest BCUT2D eigenvalue weighted by Crippen LogP contribution is 2.06. The molecule has 0 amide bonds. The van der Waals surface area contributed by atoms with Crippen LogP contribution in [0.15, 0.2) is 0 Å². The molecule has 0 aliphatic carbocycles. The largest absolute Gasteiger partial charge is 0.388 e. The van der Waals surface area contributed by atoms with Crippen LogP contribution in [0.4, 0.5) is 0 Å². The van der Waals surface area contributed by atoms with Gasteiger partial charge in [-0.25, -0.2) is 0 Å². The van der Waals surface area contributed by atoms with Crippen molar-refractivity contribution in [2.75, 3.05) is 47.8 Å². The van der Waals surface area contributed by atoms with Crippen LogP contribution >= 0.6 is 0 Å². The zero-order chi connectivity index (χ0) is 12.6. The average molecular weight is 232 g/mol. The molecule has 0 spiro atoms. The molecule has 2 N–H and O–H groups in total. The number of quaternary nitrogens is 2. The van der Waals surface area contributed by atoms with E-state index in [-0.39, 0.29) is 6.10 Å². The lowest BCUT2D eigenvalue weighted by Gasteiger charge is -2.31. The SMILES string of the molecule is CC(O)C[N+](C)(C)CCCCCC[NH+](C)C. The Labute approximate surface area is 102 Å². The van der Waals surface area contributed by atoms with E-state index in [9.17, 15) is 5.11 Å². The number of aliphatic hydroxyl groups is 1. The third kappa shape index (κ3) is 10.4. The zero-order valence-electron chi connectivity index (χ0n) is 11.9. The minimum absolute atomic E-state index is 0.188. The fourth-order valence-corrected chi connectivity index (χ4v) is 2.18. The monoisotopic (exact) mass is 232 g/mol. The molecule has 0 heterocycles. The molecule has 16 heavy (non-hydrogen) atoms. The van der Waals surface area contributed by atoms with Crippen LogP contribution in [-0.4, -0.2) is 63.5 Å². The first-order valence-electron chi connectivity index (χ1n) is 6.62. The van der Waals surface area contributed by atoms with Crippen LogP contribution in [0.5, 0.6) is 0 Å². The summed E-state index contributed by atoms with van der Waals surface area (Å²) in [7, 11) is 8.83. The lowest BCUT2D eigenvalue weighted by Crippen LogP contribution is -3.05. The van der Waals surface area contributed by atoms with Gasteiger partial charge in [0, 0.05) is 0 Å². The van der Waals surface area contributed by atoms with Crippen molar-refractivity contribution in [3.05, 3.63) is 0 Å². The fourth-order valence-electron chi connectivity index (χ4n) is 2.18. The number of likely N-dealkylation sites (N-methyl/N-ethyl adjacent to an activating group) is 1. The molecule has 0 aromatic carbocycles. The first-order chi connectivity index (χ1) is 7.33. The van der Waals surface area contributed by atoms with Crippen LogP contribution in [0.3, 0.4) is 0 Å². The van der Waals surface area contributed by atoms with E-state index < -0.39 is 0 Å². The summed E-state index contributed by atoms with van der Waals surface area (Å²) in [5, 5.41) is 9.37. The van der Waals surface area contributed by atoms with Gasteiger partial charge in [0.15, 0.2) is 0 Å². The van der Waals surface area contributed by atoms with Crippen LogP contribution < -0.4 is 4.90 Å². The number of hydrogen-bond acceptors (Lipinski definition) is 1. The molecule has 0 aliphatic heterocycles. The molecule has 0 fully saturated rings. The van der Waals surface area contributed by atoms with Gasteiger partial charge in [0.05, 0.1) is 41.3 Å². The van der Waals surface area contributed by atoms with Crippen molar-refractivity contribution in [2.24, 2.45) is 0 Å². The maximum Gasteiger partial charge on any atom is 0.104 e. The summed E-state index contributed by atoms with van der Waals surface area (Å²) in [4.78, 5) is 1.55. The Balaban J connectivity index is 3.43. The molecule has 0 aromatic rings. The number of unbranched alkanes of at least 4 members (excludes halogenated alkanes) is 3. The smallest absolute Gasteiger partial charge is 0.104 e. The molecule has 0 bridgehead atoms. The second-order valence-electron chi connectivity index (χ2n) is 6.06. The maximum absolute atomic E-state index is 9.37. The van der Waals surface area contributed by atoms with Crippen LogP contribution in [0.1, 0.15) is 32.6 Å². The van der Waals surface area contributed by atoms with Gasteiger partial charge in [-0.3, -0.25) is 0 Å². The number of hydrogen-bond donors (Lipinski definition) is 2. The predicted molar refractivity (Wildman–Crippen MR) is 69.7 cm³/mol. The standard InChI is InChI=1S/C13H31N2O/c1-13(16)12-15(4,5)11-9-7-6-8-10-14(2)3/h13,16H,6-12H2,1-5H3/q+1/p+1. The summed E-state index contributed by atoms with van der Waals surface area (Å²) in [6.07, 6.45) is 5.11. The highest BCUT2D eigenvalue weighted by atomic mass is 16.3. The molecule has 98 valence electrons. The minimum Gasteiger partial charge on any atom is -0.388 e. The average Bonchev–Trinajstić information content (AvgIpc) is 2.08. The second kappa shape index (κ2) is 8.04. The summed E-state index contributed by atoms with van der Waals surface area (Å²) in [6.45, 7) is 5.20. The third-order valence-electron chi connectivity index (χ3n) is 2.95. The Morgan fingerprint density at radius 3 is 2.12 bits per heavy atom.